The summed E-state index contributed by atoms with van der Waals surface area (Å²) >= 11 is 1.55. The number of aryl methyl sites for hydroxylation is 1. The van der Waals surface area contributed by atoms with E-state index in [9.17, 15) is 4.79 Å². The Hall–Kier alpha value is -0.910. The Morgan fingerprint density at radius 2 is 2.39 bits per heavy atom. The van der Waals surface area contributed by atoms with Crippen LogP contribution in [0.2, 0.25) is 0 Å². The van der Waals surface area contributed by atoms with Crippen molar-refractivity contribution in [1.82, 2.24) is 4.90 Å². The van der Waals surface area contributed by atoms with Crippen LogP contribution >= 0.6 is 11.3 Å². The van der Waals surface area contributed by atoms with Gasteiger partial charge in [0.15, 0.2) is 0 Å². The van der Waals surface area contributed by atoms with Crippen molar-refractivity contribution in [3.05, 3.63) is 21.9 Å². The number of hydrogen-bond acceptors (Lipinski definition) is 4. The number of piperidine rings is 1. The fourth-order valence-electron chi connectivity index (χ4n) is 2.41. The Morgan fingerprint density at radius 1 is 1.61 bits per heavy atom. The van der Waals surface area contributed by atoms with Gasteiger partial charge in [-0.3, -0.25) is 4.79 Å². The summed E-state index contributed by atoms with van der Waals surface area (Å²) in [6.07, 6.45) is 1.96. The lowest BCUT2D eigenvalue weighted by atomic mass is 9.99. The highest BCUT2D eigenvalue weighted by Crippen LogP contribution is 2.24. The summed E-state index contributed by atoms with van der Waals surface area (Å²) in [5.41, 5.74) is 5.79. The van der Waals surface area contributed by atoms with E-state index in [0.717, 1.165) is 29.1 Å². The first kappa shape index (κ1) is 13.5. The van der Waals surface area contributed by atoms with E-state index < -0.39 is 0 Å². The lowest BCUT2D eigenvalue weighted by Gasteiger charge is -2.38. The van der Waals surface area contributed by atoms with Crippen molar-refractivity contribution in [3.63, 3.8) is 0 Å². The first-order chi connectivity index (χ1) is 8.65. The maximum Gasteiger partial charge on any atom is 0.264 e. The average molecular weight is 268 g/mol. The predicted molar refractivity (Wildman–Crippen MR) is 73.0 cm³/mol. The maximum absolute atomic E-state index is 12.4. The van der Waals surface area contributed by atoms with Gasteiger partial charge in [0.25, 0.3) is 5.91 Å². The van der Waals surface area contributed by atoms with Crippen LogP contribution in [0.15, 0.2) is 12.1 Å². The monoisotopic (exact) mass is 268 g/mol. The first-order valence-corrected chi connectivity index (χ1v) is 7.07. The van der Waals surface area contributed by atoms with Crippen LogP contribution in [0.1, 0.15) is 27.4 Å². The van der Waals surface area contributed by atoms with Gasteiger partial charge in [0.05, 0.1) is 11.0 Å². The molecule has 2 heterocycles. The second-order valence-electron chi connectivity index (χ2n) is 4.68. The molecule has 0 spiro atoms. The highest BCUT2D eigenvalue weighted by atomic mass is 32.1. The standard InChI is InChI=1S/C13H20N2O2S/c1-9-3-4-12(18-9)13(16)15-6-5-11(17-2)7-10(15)8-14/h3-4,10-11H,5-8,14H2,1-2H3. The van der Waals surface area contributed by atoms with E-state index in [-0.39, 0.29) is 18.1 Å². The molecular formula is C13H20N2O2S. The zero-order chi connectivity index (χ0) is 13.1. The Bertz CT molecular complexity index is 419. The Morgan fingerprint density at radius 3 is 2.94 bits per heavy atom. The molecule has 0 bridgehead atoms. The zero-order valence-corrected chi connectivity index (χ0v) is 11.7. The molecule has 1 aromatic heterocycles. The van der Waals surface area contributed by atoms with Gasteiger partial charge in [-0.2, -0.15) is 0 Å². The lowest BCUT2D eigenvalue weighted by molar-refractivity contribution is 0.0141. The fraction of sp³-hybridized carbons (Fsp3) is 0.615. The van der Waals surface area contributed by atoms with Gasteiger partial charge >= 0.3 is 0 Å². The van der Waals surface area contributed by atoms with Gasteiger partial charge in [-0.05, 0) is 31.9 Å². The maximum atomic E-state index is 12.4. The van der Waals surface area contributed by atoms with Crippen LogP contribution in [0.5, 0.6) is 0 Å². The molecule has 18 heavy (non-hydrogen) atoms. The molecule has 2 N–H and O–H groups in total. The van der Waals surface area contributed by atoms with Crippen LogP contribution in [0.25, 0.3) is 0 Å². The second kappa shape index (κ2) is 5.82. The van der Waals surface area contributed by atoms with E-state index in [4.69, 9.17) is 10.5 Å². The summed E-state index contributed by atoms with van der Waals surface area (Å²) in [4.78, 5) is 16.3. The smallest absolute Gasteiger partial charge is 0.264 e. The molecule has 0 saturated carbocycles. The summed E-state index contributed by atoms with van der Waals surface area (Å²) in [6, 6.07) is 3.98. The van der Waals surface area contributed by atoms with E-state index >= 15 is 0 Å². The summed E-state index contributed by atoms with van der Waals surface area (Å²) in [5.74, 6) is 0.109. The summed E-state index contributed by atoms with van der Waals surface area (Å²) in [7, 11) is 1.72. The van der Waals surface area contributed by atoms with Crippen LogP contribution in [0.3, 0.4) is 0 Å². The number of carbonyl (C=O) groups excluding carboxylic acids is 1. The van der Waals surface area contributed by atoms with Crippen LogP contribution in [0.4, 0.5) is 0 Å². The average Bonchev–Trinajstić information content (AvgIpc) is 2.83. The Balaban J connectivity index is 2.10. The third kappa shape index (κ3) is 2.74. The van der Waals surface area contributed by atoms with Gasteiger partial charge in [0.1, 0.15) is 0 Å². The topological polar surface area (TPSA) is 55.6 Å². The third-order valence-corrected chi connectivity index (χ3v) is 4.47. The normalized spacial score (nSPS) is 24.3. The van der Waals surface area contributed by atoms with Crippen molar-refractivity contribution in [3.8, 4) is 0 Å². The van der Waals surface area contributed by atoms with E-state index in [0.29, 0.717) is 6.54 Å². The summed E-state index contributed by atoms with van der Waals surface area (Å²) in [6.45, 7) is 3.24. The number of amides is 1. The fourth-order valence-corrected chi connectivity index (χ4v) is 3.23. The molecule has 0 radical (unpaired) electrons. The van der Waals surface area contributed by atoms with E-state index in [1.54, 1.807) is 18.4 Å². The molecule has 0 aromatic carbocycles. The molecule has 1 amide bonds. The van der Waals surface area contributed by atoms with Crippen LogP contribution < -0.4 is 5.73 Å². The van der Waals surface area contributed by atoms with Gasteiger partial charge in [0, 0.05) is 31.1 Å². The number of thiophene rings is 1. The largest absolute Gasteiger partial charge is 0.381 e. The van der Waals surface area contributed by atoms with Crippen molar-refractivity contribution in [2.45, 2.75) is 31.9 Å². The molecule has 4 nitrogen and oxygen atoms in total. The molecule has 2 unspecified atom stereocenters. The van der Waals surface area contributed by atoms with Gasteiger partial charge in [-0.15, -0.1) is 11.3 Å². The lowest BCUT2D eigenvalue weighted by Crippen LogP contribution is -2.51. The molecule has 1 aromatic rings. The quantitative estimate of drug-likeness (QED) is 0.906. The van der Waals surface area contributed by atoms with Crippen molar-refractivity contribution < 1.29 is 9.53 Å². The Kier molecular flexibility index (Phi) is 4.37. The number of likely N-dealkylation sites (tertiary alicyclic amines) is 1. The molecule has 100 valence electrons. The highest BCUT2D eigenvalue weighted by molar-refractivity contribution is 7.13. The van der Waals surface area contributed by atoms with Crippen molar-refractivity contribution >= 4 is 17.2 Å². The van der Waals surface area contributed by atoms with E-state index in [1.165, 1.54) is 0 Å². The molecule has 1 aliphatic heterocycles. The number of ether oxygens (including phenoxy) is 1. The van der Waals surface area contributed by atoms with Gasteiger partial charge in [-0.1, -0.05) is 0 Å². The zero-order valence-electron chi connectivity index (χ0n) is 10.9. The first-order valence-electron chi connectivity index (χ1n) is 6.26. The SMILES string of the molecule is COC1CCN(C(=O)c2ccc(C)s2)C(CN)C1. The van der Waals surface area contributed by atoms with Gasteiger partial charge in [0.2, 0.25) is 0 Å². The van der Waals surface area contributed by atoms with Crippen LogP contribution in [0, 0.1) is 6.92 Å². The number of carbonyl (C=O) groups is 1. The van der Waals surface area contributed by atoms with Gasteiger partial charge < -0.3 is 15.4 Å². The third-order valence-electron chi connectivity index (χ3n) is 3.49. The highest BCUT2D eigenvalue weighted by Gasteiger charge is 2.31. The molecular weight excluding hydrogens is 248 g/mol. The summed E-state index contributed by atoms with van der Waals surface area (Å²) < 4.78 is 5.37. The molecule has 1 fully saturated rings. The van der Waals surface area contributed by atoms with Crippen LogP contribution in [-0.4, -0.2) is 43.2 Å². The minimum Gasteiger partial charge on any atom is -0.381 e. The number of nitrogens with two attached hydrogens (primary N) is 1. The van der Waals surface area contributed by atoms with E-state index in [1.807, 2.05) is 24.0 Å². The molecule has 2 atom stereocenters. The predicted octanol–water partition coefficient (Wildman–Crippen LogP) is 1.63. The van der Waals surface area contributed by atoms with Crippen molar-refractivity contribution in [1.29, 1.82) is 0 Å². The summed E-state index contributed by atoms with van der Waals surface area (Å²) in [5, 5.41) is 0. The van der Waals surface area contributed by atoms with Crippen LogP contribution in [-0.2, 0) is 4.74 Å². The van der Waals surface area contributed by atoms with E-state index in [2.05, 4.69) is 0 Å². The van der Waals surface area contributed by atoms with Crippen molar-refractivity contribution in [2.75, 3.05) is 20.2 Å². The molecule has 5 heteroatoms. The molecule has 0 aliphatic carbocycles. The molecule has 2 rings (SSSR count). The molecule has 1 saturated heterocycles. The Labute approximate surface area is 112 Å². The minimum atomic E-state index is 0.0959. The minimum absolute atomic E-state index is 0.0959. The number of hydrogen-bond donors (Lipinski definition) is 1. The van der Waals surface area contributed by atoms with Crippen molar-refractivity contribution in [2.24, 2.45) is 5.73 Å². The van der Waals surface area contributed by atoms with Gasteiger partial charge in [-0.25, -0.2) is 0 Å². The number of nitrogens with zero attached hydrogens (tertiary/aromatic N) is 1. The molecule has 1 aliphatic rings. The number of rotatable bonds is 3. The second-order valence-corrected chi connectivity index (χ2v) is 5.97. The number of methoxy groups -OCH3 is 1.